The molecular weight excluding hydrogens is 369 g/mol. The van der Waals surface area contributed by atoms with Gasteiger partial charge in [-0.3, -0.25) is 0 Å². The maximum Gasteiger partial charge on any atom is 0.131 e. The third-order valence-corrected chi connectivity index (χ3v) is 4.67. The lowest BCUT2D eigenvalue weighted by molar-refractivity contribution is 0.573. The van der Waals surface area contributed by atoms with Crippen LogP contribution in [0.3, 0.4) is 0 Å². The van der Waals surface area contributed by atoms with E-state index in [9.17, 15) is 8.78 Å². The minimum Gasteiger partial charge on any atom is -0.207 e. The number of rotatable bonds is 2. The Morgan fingerprint density at radius 1 is 1.11 bits per heavy atom. The van der Waals surface area contributed by atoms with Gasteiger partial charge in [-0.15, -0.1) is 11.6 Å². The van der Waals surface area contributed by atoms with E-state index in [-0.39, 0.29) is 0 Å². The van der Waals surface area contributed by atoms with Gasteiger partial charge in [-0.25, -0.2) is 8.78 Å². The predicted molar refractivity (Wildman–Crippen MR) is 78.0 cm³/mol. The first kappa shape index (κ1) is 13.7. The Hall–Kier alpha value is -0.680. The van der Waals surface area contributed by atoms with E-state index < -0.39 is 17.0 Å². The summed E-state index contributed by atoms with van der Waals surface area (Å²) in [5, 5.41) is -0.614. The van der Waals surface area contributed by atoms with E-state index in [1.54, 1.807) is 0 Å². The van der Waals surface area contributed by atoms with Gasteiger partial charge in [0.25, 0.3) is 0 Å². The molecule has 0 heterocycles. The van der Waals surface area contributed by atoms with Crippen molar-refractivity contribution in [2.24, 2.45) is 0 Å². The van der Waals surface area contributed by atoms with Crippen LogP contribution in [0.15, 0.2) is 36.4 Å². The van der Waals surface area contributed by atoms with E-state index in [0.717, 1.165) is 20.8 Å². The molecule has 2 aromatic rings. The second-order valence-corrected chi connectivity index (χ2v) is 5.52. The summed E-state index contributed by atoms with van der Waals surface area (Å²) < 4.78 is 27.6. The van der Waals surface area contributed by atoms with Crippen LogP contribution in [0.5, 0.6) is 0 Å². The van der Waals surface area contributed by atoms with Crippen LogP contribution in [0.25, 0.3) is 0 Å². The van der Waals surface area contributed by atoms with E-state index >= 15 is 0 Å². The summed E-state index contributed by atoms with van der Waals surface area (Å²) in [4.78, 5) is 0. The van der Waals surface area contributed by atoms with E-state index in [4.69, 9.17) is 11.6 Å². The summed E-state index contributed by atoms with van der Waals surface area (Å²) in [6.07, 6.45) is 0. The molecule has 0 saturated carbocycles. The van der Waals surface area contributed by atoms with Gasteiger partial charge in [-0.1, -0.05) is 24.3 Å². The maximum atomic E-state index is 13.7. The minimum atomic E-state index is -0.618. The van der Waals surface area contributed by atoms with Gasteiger partial charge in [0.1, 0.15) is 11.6 Å². The molecule has 2 rings (SSSR count). The van der Waals surface area contributed by atoms with Crippen LogP contribution in [0.1, 0.15) is 22.1 Å². The summed E-state index contributed by atoms with van der Waals surface area (Å²) in [7, 11) is 0. The number of alkyl halides is 1. The van der Waals surface area contributed by atoms with Crippen LogP contribution in [0.4, 0.5) is 8.78 Å². The average molecular weight is 379 g/mol. The first-order valence-corrected chi connectivity index (χ1v) is 6.86. The lowest BCUT2D eigenvalue weighted by Gasteiger charge is -2.14. The van der Waals surface area contributed by atoms with Crippen molar-refractivity contribution in [1.29, 1.82) is 0 Å². The summed E-state index contributed by atoms with van der Waals surface area (Å²) in [6, 6.07) is 9.17. The highest BCUT2D eigenvalue weighted by atomic mass is 127. The quantitative estimate of drug-likeness (QED) is 0.497. The Kier molecular flexibility index (Phi) is 4.22. The van der Waals surface area contributed by atoms with Gasteiger partial charge in [0.15, 0.2) is 0 Å². The highest BCUT2D eigenvalue weighted by molar-refractivity contribution is 14.1. The molecule has 0 amide bonds. The Bertz CT molecular complexity index is 584. The van der Waals surface area contributed by atoms with Crippen molar-refractivity contribution in [1.82, 2.24) is 0 Å². The first-order chi connectivity index (χ1) is 8.50. The molecule has 0 aliphatic rings. The van der Waals surface area contributed by atoms with Crippen molar-refractivity contribution in [3.05, 3.63) is 68.3 Å². The smallest absolute Gasteiger partial charge is 0.131 e. The van der Waals surface area contributed by atoms with Crippen LogP contribution in [-0.2, 0) is 0 Å². The molecule has 1 unspecified atom stereocenters. The van der Waals surface area contributed by atoms with E-state index in [1.165, 1.54) is 12.1 Å². The zero-order chi connectivity index (χ0) is 13.3. The second-order valence-electron chi connectivity index (χ2n) is 4.01. The van der Waals surface area contributed by atoms with Crippen molar-refractivity contribution in [3.8, 4) is 0 Å². The average Bonchev–Trinajstić information content (AvgIpc) is 2.32. The Morgan fingerprint density at radius 2 is 1.83 bits per heavy atom. The lowest BCUT2D eigenvalue weighted by atomic mass is 10.0. The third-order valence-electron chi connectivity index (χ3n) is 2.73. The van der Waals surface area contributed by atoms with Crippen molar-refractivity contribution in [3.63, 3.8) is 0 Å². The lowest BCUT2D eigenvalue weighted by Crippen LogP contribution is -2.01. The molecule has 2 aromatic carbocycles. The fourth-order valence-electron chi connectivity index (χ4n) is 1.74. The summed E-state index contributed by atoms with van der Waals surface area (Å²) in [5.41, 5.74) is 2.21. The van der Waals surface area contributed by atoms with Gasteiger partial charge in [-0.05, 0) is 46.7 Å². The van der Waals surface area contributed by atoms with Crippen LogP contribution < -0.4 is 0 Å². The molecule has 4 heteroatoms. The monoisotopic (exact) mass is 378 g/mol. The number of hydrogen-bond donors (Lipinski definition) is 0. The topological polar surface area (TPSA) is 0 Å². The highest BCUT2D eigenvalue weighted by Gasteiger charge is 2.18. The van der Waals surface area contributed by atoms with Gasteiger partial charge in [0, 0.05) is 15.2 Å². The molecule has 0 aromatic heterocycles. The van der Waals surface area contributed by atoms with Crippen molar-refractivity contribution in [2.45, 2.75) is 12.3 Å². The van der Waals surface area contributed by atoms with Gasteiger partial charge in [0.2, 0.25) is 0 Å². The SMILES string of the molecule is Cc1cccc(C(Cl)c2ccc(F)cc2F)c1I. The minimum absolute atomic E-state index is 0.293. The zero-order valence-electron chi connectivity index (χ0n) is 9.55. The molecule has 94 valence electrons. The number of benzene rings is 2. The molecule has 0 spiro atoms. The van der Waals surface area contributed by atoms with Gasteiger partial charge in [-0.2, -0.15) is 0 Å². The molecule has 0 aliphatic heterocycles. The predicted octanol–water partition coefficient (Wildman–Crippen LogP) is 5.21. The molecule has 0 nitrogen and oxygen atoms in total. The summed E-state index contributed by atoms with van der Waals surface area (Å²) in [5.74, 6) is -1.22. The zero-order valence-corrected chi connectivity index (χ0v) is 12.5. The molecule has 0 fully saturated rings. The van der Waals surface area contributed by atoms with Gasteiger partial charge in [0.05, 0.1) is 5.38 Å². The fraction of sp³-hybridized carbons (Fsp3) is 0.143. The van der Waals surface area contributed by atoms with E-state index in [2.05, 4.69) is 22.6 Å². The van der Waals surface area contributed by atoms with Crippen LogP contribution in [0, 0.1) is 22.1 Å². The molecular formula is C14H10ClF2I. The van der Waals surface area contributed by atoms with Crippen LogP contribution in [-0.4, -0.2) is 0 Å². The number of aryl methyl sites for hydroxylation is 1. The van der Waals surface area contributed by atoms with Crippen LogP contribution in [0.2, 0.25) is 0 Å². The Labute approximate surface area is 123 Å². The van der Waals surface area contributed by atoms with Gasteiger partial charge < -0.3 is 0 Å². The molecule has 0 aliphatic carbocycles. The second kappa shape index (κ2) is 5.53. The molecule has 18 heavy (non-hydrogen) atoms. The Morgan fingerprint density at radius 3 is 2.50 bits per heavy atom. The summed E-state index contributed by atoms with van der Waals surface area (Å²) >= 11 is 8.48. The summed E-state index contributed by atoms with van der Waals surface area (Å²) in [6.45, 7) is 1.97. The third kappa shape index (κ3) is 2.67. The standard InChI is InChI=1S/C14H10ClF2I/c1-8-3-2-4-11(14(8)18)13(15)10-6-5-9(16)7-12(10)17/h2-7,13H,1H3. The van der Waals surface area contributed by atoms with Crippen LogP contribution >= 0.6 is 34.2 Å². The number of hydrogen-bond acceptors (Lipinski definition) is 0. The first-order valence-electron chi connectivity index (χ1n) is 5.34. The molecule has 1 atom stereocenters. The number of halogens is 4. The van der Waals surface area contributed by atoms with Crippen molar-refractivity contribution in [2.75, 3.05) is 0 Å². The van der Waals surface area contributed by atoms with Gasteiger partial charge >= 0.3 is 0 Å². The van der Waals surface area contributed by atoms with E-state index in [0.29, 0.717) is 5.56 Å². The van der Waals surface area contributed by atoms with Crippen molar-refractivity contribution >= 4 is 34.2 Å². The maximum absolute atomic E-state index is 13.7. The van der Waals surface area contributed by atoms with E-state index in [1.807, 2.05) is 25.1 Å². The normalized spacial score (nSPS) is 12.5. The molecule has 0 radical (unpaired) electrons. The molecule has 0 saturated heterocycles. The largest absolute Gasteiger partial charge is 0.207 e. The fourth-order valence-corrected chi connectivity index (χ4v) is 2.95. The Balaban J connectivity index is 2.48. The highest BCUT2D eigenvalue weighted by Crippen LogP contribution is 2.34. The molecule has 0 N–H and O–H groups in total. The van der Waals surface area contributed by atoms with Crippen molar-refractivity contribution < 1.29 is 8.78 Å². The molecule has 0 bridgehead atoms.